The van der Waals surface area contributed by atoms with Crippen molar-refractivity contribution >= 4 is 0 Å². The van der Waals surface area contributed by atoms with Crippen LogP contribution in [-0.4, -0.2) is 30.6 Å². The summed E-state index contributed by atoms with van der Waals surface area (Å²) in [6.45, 7) is 8.21. The third kappa shape index (κ3) is 3.87. The van der Waals surface area contributed by atoms with Crippen molar-refractivity contribution in [2.75, 3.05) is 13.6 Å². The van der Waals surface area contributed by atoms with Crippen LogP contribution < -0.4 is 5.32 Å². The molecule has 1 aromatic rings. The highest BCUT2D eigenvalue weighted by molar-refractivity contribution is 5.34. The minimum absolute atomic E-state index is 0.471. The zero-order valence-corrected chi connectivity index (χ0v) is 14.2. The van der Waals surface area contributed by atoms with Crippen LogP contribution in [0.25, 0.3) is 0 Å². The fourth-order valence-corrected chi connectivity index (χ4v) is 3.80. The predicted molar refractivity (Wildman–Crippen MR) is 91.7 cm³/mol. The third-order valence-electron chi connectivity index (χ3n) is 4.90. The average Bonchev–Trinajstić information content (AvgIpc) is 2.50. The van der Waals surface area contributed by atoms with Crippen molar-refractivity contribution in [1.29, 1.82) is 0 Å². The van der Waals surface area contributed by atoms with Gasteiger partial charge in [-0.1, -0.05) is 44.0 Å². The van der Waals surface area contributed by atoms with Gasteiger partial charge < -0.3 is 5.32 Å². The Morgan fingerprint density at radius 1 is 1.24 bits per heavy atom. The van der Waals surface area contributed by atoms with Gasteiger partial charge in [-0.15, -0.1) is 0 Å². The Kier molecular flexibility index (Phi) is 6.25. The summed E-state index contributed by atoms with van der Waals surface area (Å²) in [6.07, 6.45) is 6.46. The van der Waals surface area contributed by atoms with Gasteiger partial charge in [-0.3, -0.25) is 4.90 Å². The van der Waals surface area contributed by atoms with Crippen LogP contribution in [-0.2, 0) is 6.42 Å². The summed E-state index contributed by atoms with van der Waals surface area (Å²) in [4.78, 5) is 2.73. The minimum Gasteiger partial charge on any atom is -0.312 e. The van der Waals surface area contributed by atoms with Crippen molar-refractivity contribution in [3.63, 3.8) is 0 Å². The largest absolute Gasteiger partial charge is 0.312 e. The molecule has 2 rings (SSSR count). The summed E-state index contributed by atoms with van der Waals surface area (Å²) in [5.74, 6) is 0. The van der Waals surface area contributed by atoms with E-state index < -0.39 is 0 Å². The molecule has 118 valence electrons. The molecular weight excluding hydrogens is 256 g/mol. The Labute approximate surface area is 130 Å². The first-order valence-corrected chi connectivity index (χ1v) is 8.69. The monoisotopic (exact) mass is 288 g/mol. The van der Waals surface area contributed by atoms with E-state index in [4.69, 9.17) is 0 Å². The standard InChI is InChI=1S/C19H32N2/c1-5-6-9-14-21(15(2)3)18-13-12-16-10-7-8-11-17(16)19(18)20-4/h7-8,10-11,15,18-20H,5-6,9,12-14H2,1-4H3. The molecule has 0 bridgehead atoms. The number of benzene rings is 1. The second kappa shape index (κ2) is 7.95. The molecule has 0 fully saturated rings. The van der Waals surface area contributed by atoms with E-state index in [9.17, 15) is 0 Å². The summed E-state index contributed by atoms with van der Waals surface area (Å²) in [5, 5.41) is 3.59. The van der Waals surface area contributed by atoms with Crippen LogP contribution >= 0.6 is 0 Å². The first-order valence-electron chi connectivity index (χ1n) is 8.69. The number of nitrogens with zero attached hydrogens (tertiary/aromatic N) is 1. The molecule has 0 heterocycles. The smallest absolute Gasteiger partial charge is 0.0478 e. The molecule has 0 amide bonds. The molecule has 1 N–H and O–H groups in total. The highest BCUT2D eigenvalue weighted by atomic mass is 15.2. The van der Waals surface area contributed by atoms with E-state index in [1.165, 1.54) is 49.8 Å². The fraction of sp³-hybridized carbons (Fsp3) is 0.684. The first kappa shape index (κ1) is 16.5. The fourth-order valence-electron chi connectivity index (χ4n) is 3.80. The summed E-state index contributed by atoms with van der Waals surface area (Å²) >= 11 is 0. The highest BCUT2D eigenvalue weighted by Crippen LogP contribution is 2.33. The Balaban J connectivity index is 2.17. The lowest BCUT2D eigenvalue weighted by Crippen LogP contribution is -2.49. The third-order valence-corrected chi connectivity index (χ3v) is 4.90. The van der Waals surface area contributed by atoms with Gasteiger partial charge in [0, 0.05) is 18.1 Å². The molecular formula is C19H32N2. The maximum absolute atomic E-state index is 3.59. The second-order valence-electron chi connectivity index (χ2n) is 6.61. The van der Waals surface area contributed by atoms with Gasteiger partial charge >= 0.3 is 0 Å². The van der Waals surface area contributed by atoms with E-state index in [2.05, 4.69) is 62.3 Å². The number of hydrogen-bond acceptors (Lipinski definition) is 2. The Morgan fingerprint density at radius 3 is 2.67 bits per heavy atom. The van der Waals surface area contributed by atoms with Gasteiger partial charge in [-0.25, -0.2) is 0 Å². The maximum atomic E-state index is 3.59. The number of unbranched alkanes of at least 4 members (excludes halogenated alkanes) is 2. The molecule has 1 aromatic carbocycles. The van der Waals surface area contributed by atoms with E-state index in [0.29, 0.717) is 18.1 Å². The second-order valence-corrected chi connectivity index (χ2v) is 6.61. The van der Waals surface area contributed by atoms with Gasteiger partial charge in [-0.05, 0) is 57.8 Å². The van der Waals surface area contributed by atoms with Crippen molar-refractivity contribution in [2.24, 2.45) is 0 Å². The van der Waals surface area contributed by atoms with Gasteiger partial charge in [0.2, 0.25) is 0 Å². The number of aryl methyl sites for hydroxylation is 1. The molecule has 2 nitrogen and oxygen atoms in total. The molecule has 0 radical (unpaired) electrons. The van der Waals surface area contributed by atoms with Crippen LogP contribution in [0.15, 0.2) is 24.3 Å². The lowest BCUT2D eigenvalue weighted by molar-refractivity contribution is 0.107. The summed E-state index contributed by atoms with van der Waals surface area (Å²) in [6, 6.07) is 10.7. The molecule has 2 unspecified atom stereocenters. The number of rotatable bonds is 7. The molecule has 0 aromatic heterocycles. The number of hydrogen-bond donors (Lipinski definition) is 1. The zero-order chi connectivity index (χ0) is 15.2. The van der Waals surface area contributed by atoms with E-state index in [1.807, 2.05) is 0 Å². The number of fused-ring (bicyclic) bond motifs is 1. The van der Waals surface area contributed by atoms with E-state index in [0.717, 1.165) is 0 Å². The van der Waals surface area contributed by atoms with Crippen molar-refractivity contribution in [3.05, 3.63) is 35.4 Å². The van der Waals surface area contributed by atoms with Crippen molar-refractivity contribution in [2.45, 2.75) is 71.0 Å². The first-order chi connectivity index (χ1) is 10.2. The van der Waals surface area contributed by atoms with Crippen LogP contribution in [0.1, 0.15) is 63.6 Å². The van der Waals surface area contributed by atoms with Crippen molar-refractivity contribution in [1.82, 2.24) is 10.2 Å². The quantitative estimate of drug-likeness (QED) is 0.758. The SMILES string of the molecule is CCCCCN(C(C)C)C1CCc2ccccc2C1NC. The topological polar surface area (TPSA) is 15.3 Å². The van der Waals surface area contributed by atoms with E-state index >= 15 is 0 Å². The molecule has 0 aliphatic heterocycles. The van der Waals surface area contributed by atoms with Crippen LogP contribution in [0.4, 0.5) is 0 Å². The van der Waals surface area contributed by atoms with Crippen LogP contribution in [0.3, 0.4) is 0 Å². The molecule has 0 saturated carbocycles. The van der Waals surface area contributed by atoms with Crippen LogP contribution in [0, 0.1) is 0 Å². The van der Waals surface area contributed by atoms with Gasteiger partial charge in [-0.2, -0.15) is 0 Å². The lowest BCUT2D eigenvalue weighted by Gasteiger charge is -2.43. The minimum atomic E-state index is 0.471. The zero-order valence-electron chi connectivity index (χ0n) is 14.2. The Bertz CT molecular complexity index is 427. The number of nitrogens with one attached hydrogen (secondary N) is 1. The Morgan fingerprint density at radius 2 is 2.00 bits per heavy atom. The average molecular weight is 288 g/mol. The van der Waals surface area contributed by atoms with E-state index in [1.54, 1.807) is 0 Å². The molecule has 0 spiro atoms. The molecule has 1 aliphatic rings. The maximum Gasteiger partial charge on any atom is 0.0478 e. The van der Waals surface area contributed by atoms with Gasteiger partial charge in [0.1, 0.15) is 0 Å². The molecule has 2 atom stereocenters. The summed E-state index contributed by atoms with van der Waals surface area (Å²) in [5.41, 5.74) is 3.04. The lowest BCUT2D eigenvalue weighted by atomic mass is 9.82. The summed E-state index contributed by atoms with van der Waals surface area (Å²) in [7, 11) is 2.12. The Hall–Kier alpha value is -0.860. The molecule has 21 heavy (non-hydrogen) atoms. The van der Waals surface area contributed by atoms with Crippen molar-refractivity contribution in [3.8, 4) is 0 Å². The normalized spacial score (nSPS) is 21.8. The van der Waals surface area contributed by atoms with Crippen LogP contribution in [0.2, 0.25) is 0 Å². The van der Waals surface area contributed by atoms with Gasteiger partial charge in [0.05, 0.1) is 0 Å². The summed E-state index contributed by atoms with van der Waals surface area (Å²) < 4.78 is 0. The van der Waals surface area contributed by atoms with Gasteiger partial charge in [0.25, 0.3) is 0 Å². The molecule has 2 heteroatoms. The van der Waals surface area contributed by atoms with Crippen LogP contribution in [0.5, 0.6) is 0 Å². The molecule has 0 saturated heterocycles. The van der Waals surface area contributed by atoms with Gasteiger partial charge in [0.15, 0.2) is 0 Å². The van der Waals surface area contributed by atoms with E-state index in [-0.39, 0.29) is 0 Å². The predicted octanol–water partition coefficient (Wildman–Crippen LogP) is 4.16. The molecule has 1 aliphatic carbocycles. The number of likely N-dealkylation sites (N-methyl/N-ethyl adjacent to an activating group) is 1. The highest BCUT2D eigenvalue weighted by Gasteiger charge is 2.33. The van der Waals surface area contributed by atoms with Crippen molar-refractivity contribution < 1.29 is 0 Å².